The van der Waals surface area contributed by atoms with E-state index >= 15 is 0 Å². The van der Waals surface area contributed by atoms with Crippen LogP contribution in [0.2, 0.25) is 0 Å². The third-order valence-corrected chi connectivity index (χ3v) is 2.17. The third kappa shape index (κ3) is 3.54. The van der Waals surface area contributed by atoms with Crippen LogP contribution in [0.25, 0.3) is 0 Å². The molecule has 0 radical (unpaired) electrons. The zero-order valence-corrected chi connectivity index (χ0v) is 8.02. The Morgan fingerprint density at radius 3 is 2.36 bits per heavy atom. The Bertz CT molecular complexity index is 107. The maximum atomic E-state index is 11.0. The monoisotopic (exact) mass is 156 g/mol. The molecular weight excluding hydrogens is 136 g/mol. The summed E-state index contributed by atoms with van der Waals surface area (Å²) >= 11 is 0. The third-order valence-electron chi connectivity index (χ3n) is 2.17. The number of carbonyl (C=O) groups is 1. The summed E-state index contributed by atoms with van der Waals surface area (Å²) in [6.45, 7) is 6.11. The van der Waals surface area contributed by atoms with Crippen molar-refractivity contribution < 1.29 is 4.79 Å². The van der Waals surface area contributed by atoms with Crippen molar-refractivity contribution in [2.75, 3.05) is 0 Å². The highest BCUT2D eigenvalue weighted by Gasteiger charge is 2.19. The Balaban J connectivity index is 0.000000461. The van der Waals surface area contributed by atoms with Crippen LogP contribution in [0.1, 0.15) is 52.9 Å². The van der Waals surface area contributed by atoms with Crippen molar-refractivity contribution in [3.63, 3.8) is 0 Å². The second-order valence-electron chi connectivity index (χ2n) is 2.82. The minimum absolute atomic E-state index is 0.416. The number of carbonyl (C=O) groups excluding carboxylic acids is 1. The average Bonchev–Trinajstić information content (AvgIpc) is 2.09. The van der Waals surface area contributed by atoms with E-state index in [0.717, 1.165) is 25.7 Å². The summed E-state index contributed by atoms with van der Waals surface area (Å²) in [5.74, 6) is 0.919. The lowest BCUT2D eigenvalue weighted by atomic mass is 9.86. The number of ketones is 1. The molecule has 66 valence electrons. The molecule has 0 spiro atoms. The van der Waals surface area contributed by atoms with Crippen molar-refractivity contribution >= 4 is 5.78 Å². The van der Waals surface area contributed by atoms with Gasteiger partial charge < -0.3 is 0 Å². The molecule has 0 aromatic rings. The first-order valence-corrected chi connectivity index (χ1v) is 4.87. The van der Waals surface area contributed by atoms with Crippen LogP contribution >= 0.6 is 0 Å². The van der Waals surface area contributed by atoms with Crippen molar-refractivity contribution in [3.8, 4) is 0 Å². The van der Waals surface area contributed by atoms with E-state index in [4.69, 9.17) is 0 Å². The molecule has 11 heavy (non-hydrogen) atoms. The topological polar surface area (TPSA) is 17.1 Å². The molecule has 1 heteroatoms. The lowest BCUT2D eigenvalue weighted by Crippen LogP contribution is -2.17. The van der Waals surface area contributed by atoms with Gasteiger partial charge in [0.25, 0.3) is 0 Å². The SMILES string of the molecule is CC.CCC1CCCCC1=O. The van der Waals surface area contributed by atoms with Crippen molar-refractivity contribution in [3.05, 3.63) is 0 Å². The van der Waals surface area contributed by atoms with Crippen molar-refractivity contribution in [2.24, 2.45) is 5.92 Å². The van der Waals surface area contributed by atoms with Crippen LogP contribution in [0.5, 0.6) is 0 Å². The maximum absolute atomic E-state index is 11.0. The molecule has 0 aliphatic heterocycles. The first kappa shape index (κ1) is 10.7. The number of hydrogen-bond donors (Lipinski definition) is 0. The predicted molar refractivity (Wildman–Crippen MR) is 48.6 cm³/mol. The largest absolute Gasteiger partial charge is 0.299 e. The average molecular weight is 156 g/mol. The minimum atomic E-state index is 0.416. The number of Topliss-reactive ketones (excluding diaryl/α,β-unsaturated/α-hetero) is 1. The highest BCUT2D eigenvalue weighted by molar-refractivity contribution is 5.81. The molecule has 1 aliphatic carbocycles. The van der Waals surface area contributed by atoms with Gasteiger partial charge in [0.1, 0.15) is 5.78 Å². The summed E-state index contributed by atoms with van der Waals surface area (Å²) < 4.78 is 0. The van der Waals surface area contributed by atoms with Gasteiger partial charge in [-0.25, -0.2) is 0 Å². The lowest BCUT2D eigenvalue weighted by Gasteiger charge is -2.17. The summed E-state index contributed by atoms with van der Waals surface area (Å²) in [5.41, 5.74) is 0. The highest BCUT2D eigenvalue weighted by Crippen LogP contribution is 2.22. The second-order valence-corrected chi connectivity index (χ2v) is 2.82. The molecule has 1 saturated carbocycles. The molecule has 1 nitrogen and oxygen atoms in total. The zero-order chi connectivity index (χ0) is 8.69. The molecule has 0 heterocycles. The molecule has 0 aromatic carbocycles. The van der Waals surface area contributed by atoms with E-state index in [-0.39, 0.29) is 0 Å². The Kier molecular flexibility index (Phi) is 6.19. The van der Waals surface area contributed by atoms with E-state index in [1.54, 1.807) is 0 Å². The molecule has 0 amide bonds. The zero-order valence-electron chi connectivity index (χ0n) is 8.02. The molecule has 1 unspecified atom stereocenters. The van der Waals surface area contributed by atoms with E-state index in [2.05, 4.69) is 6.92 Å². The Labute approximate surface area is 70.2 Å². The van der Waals surface area contributed by atoms with E-state index in [9.17, 15) is 4.79 Å². The van der Waals surface area contributed by atoms with Crippen LogP contribution in [0.4, 0.5) is 0 Å². The Hall–Kier alpha value is -0.330. The van der Waals surface area contributed by atoms with Crippen molar-refractivity contribution in [2.45, 2.75) is 52.9 Å². The van der Waals surface area contributed by atoms with Crippen LogP contribution in [0, 0.1) is 5.92 Å². The molecule has 0 aromatic heterocycles. The van der Waals surface area contributed by atoms with Gasteiger partial charge in [-0.2, -0.15) is 0 Å². The standard InChI is InChI=1S/C8H14O.C2H6/c1-2-7-5-3-4-6-8(7)9;1-2/h7H,2-6H2,1H3;1-2H3. The molecule has 1 rings (SSSR count). The maximum Gasteiger partial charge on any atom is 0.135 e. The molecule has 1 atom stereocenters. The van der Waals surface area contributed by atoms with Crippen LogP contribution in [0.3, 0.4) is 0 Å². The molecule has 1 aliphatic rings. The van der Waals surface area contributed by atoms with Crippen LogP contribution < -0.4 is 0 Å². The van der Waals surface area contributed by atoms with Gasteiger partial charge >= 0.3 is 0 Å². The number of rotatable bonds is 1. The summed E-state index contributed by atoms with van der Waals surface area (Å²) in [6.07, 6.45) is 5.45. The van der Waals surface area contributed by atoms with E-state index in [1.165, 1.54) is 6.42 Å². The van der Waals surface area contributed by atoms with E-state index < -0.39 is 0 Å². The van der Waals surface area contributed by atoms with Gasteiger partial charge in [0.2, 0.25) is 0 Å². The Morgan fingerprint density at radius 1 is 1.36 bits per heavy atom. The van der Waals surface area contributed by atoms with Crippen molar-refractivity contribution in [1.82, 2.24) is 0 Å². The van der Waals surface area contributed by atoms with E-state index in [0.29, 0.717) is 11.7 Å². The fraction of sp³-hybridized carbons (Fsp3) is 0.900. The summed E-state index contributed by atoms with van der Waals surface area (Å²) in [6, 6.07) is 0. The van der Waals surface area contributed by atoms with Crippen LogP contribution in [-0.2, 0) is 4.79 Å². The first-order chi connectivity index (χ1) is 5.34. The highest BCUT2D eigenvalue weighted by atomic mass is 16.1. The molecule has 0 bridgehead atoms. The summed E-state index contributed by atoms with van der Waals surface area (Å²) in [7, 11) is 0. The van der Waals surface area contributed by atoms with Gasteiger partial charge in [0.15, 0.2) is 0 Å². The fourth-order valence-electron chi connectivity index (χ4n) is 1.49. The molecule has 0 saturated heterocycles. The molecule has 0 N–H and O–H groups in total. The van der Waals surface area contributed by atoms with Gasteiger partial charge in [-0.05, 0) is 19.3 Å². The van der Waals surface area contributed by atoms with Gasteiger partial charge in [-0.3, -0.25) is 4.79 Å². The minimum Gasteiger partial charge on any atom is -0.299 e. The smallest absolute Gasteiger partial charge is 0.135 e. The normalized spacial score (nSPS) is 23.9. The van der Waals surface area contributed by atoms with Gasteiger partial charge in [0.05, 0.1) is 0 Å². The Morgan fingerprint density at radius 2 is 2.00 bits per heavy atom. The quantitative estimate of drug-likeness (QED) is 0.570. The molecular formula is C10H20O. The second kappa shape index (κ2) is 6.38. The van der Waals surface area contributed by atoms with Crippen LogP contribution in [0.15, 0.2) is 0 Å². The van der Waals surface area contributed by atoms with Gasteiger partial charge in [-0.1, -0.05) is 27.2 Å². The first-order valence-electron chi connectivity index (χ1n) is 4.87. The van der Waals surface area contributed by atoms with Gasteiger partial charge in [0, 0.05) is 12.3 Å². The lowest BCUT2D eigenvalue weighted by molar-refractivity contribution is -0.124. The summed E-state index contributed by atoms with van der Waals surface area (Å²) in [5, 5.41) is 0. The van der Waals surface area contributed by atoms with Crippen LogP contribution in [-0.4, -0.2) is 5.78 Å². The van der Waals surface area contributed by atoms with E-state index in [1.807, 2.05) is 13.8 Å². The van der Waals surface area contributed by atoms with Gasteiger partial charge in [-0.15, -0.1) is 0 Å². The predicted octanol–water partition coefficient (Wildman–Crippen LogP) is 3.18. The number of hydrogen-bond acceptors (Lipinski definition) is 1. The molecule has 1 fully saturated rings. The van der Waals surface area contributed by atoms with Crippen molar-refractivity contribution in [1.29, 1.82) is 0 Å². The fourth-order valence-corrected chi connectivity index (χ4v) is 1.49. The summed E-state index contributed by atoms with van der Waals surface area (Å²) in [4.78, 5) is 11.0.